The van der Waals surface area contributed by atoms with Gasteiger partial charge in [0.2, 0.25) is 0 Å². The van der Waals surface area contributed by atoms with Gasteiger partial charge in [-0.1, -0.05) is 0 Å². The summed E-state index contributed by atoms with van der Waals surface area (Å²) in [7, 11) is -2.25. The number of benzene rings is 2. The van der Waals surface area contributed by atoms with E-state index in [1.807, 2.05) is 4.40 Å². The van der Waals surface area contributed by atoms with Gasteiger partial charge in [0.25, 0.3) is 0 Å². The van der Waals surface area contributed by atoms with E-state index in [0.29, 0.717) is 17.0 Å². The Morgan fingerprint density at radius 3 is 2.23 bits per heavy atom. The Morgan fingerprint density at radius 1 is 1.08 bits per heavy atom. The second-order valence-electron chi connectivity index (χ2n) is 5.16. The molecule has 26 heavy (non-hydrogen) atoms. The molecule has 0 aliphatic heterocycles. The number of hydrogen-bond acceptors (Lipinski definition) is 5. The van der Waals surface area contributed by atoms with Gasteiger partial charge >= 0.3 is 16.0 Å². The molecule has 136 valence electrons. The fraction of sp³-hybridized carbons (Fsp3) is 0.0588. The minimum absolute atomic E-state index is 0.00902. The summed E-state index contributed by atoms with van der Waals surface area (Å²) in [5.74, 6) is 0.0758. The minimum atomic E-state index is -3.80. The van der Waals surface area contributed by atoms with Crippen LogP contribution in [-0.2, 0) is 10.0 Å². The van der Waals surface area contributed by atoms with Crippen molar-refractivity contribution >= 4 is 27.5 Å². The molecule has 0 fully saturated rings. The smallest absolute Gasteiger partial charge is 0.353 e. The second kappa shape index (κ2) is 8.17. The third-order valence-electron chi connectivity index (χ3n) is 3.28. The first-order chi connectivity index (χ1) is 12.3. The number of ether oxygens (including phenoxy) is 1. The first kappa shape index (κ1) is 19.0. The summed E-state index contributed by atoms with van der Waals surface area (Å²) in [6, 6.07) is 12.6. The molecule has 0 heterocycles. The third-order valence-corrected chi connectivity index (χ3v) is 4.67. The predicted octanol–water partition coefficient (Wildman–Crippen LogP) is -0.454. The highest BCUT2D eigenvalue weighted by Gasteiger charge is 2.14. The van der Waals surface area contributed by atoms with Crippen molar-refractivity contribution in [1.29, 1.82) is 0 Å². The quantitative estimate of drug-likeness (QED) is 0.222. The number of sulfonamides is 1. The molecule has 0 unspecified atom stereocenters. The molecule has 2 aromatic rings. The lowest BCUT2D eigenvalue weighted by Crippen LogP contribution is -2.80. The number of carbonyl (C=O) groups is 1. The number of ketones is 1. The van der Waals surface area contributed by atoms with Crippen molar-refractivity contribution in [2.24, 2.45) is 11.5 Å². The molecule has 0 saturated heterocycles. The highest BCUT2D eigenvalue weighted by Crippen LogP contribution is 2.13. The van der Waals surface area contributed by atoms with Crippen LogP contribution in [0.15, 0.2) is 65.7 Å². The van der Waals surface area contributed by atoms with Gasteiger partial charge in [-0.25, -0.2) is 0 Å². The molecule has 2 aromatic carbocycles. The van der Waals surface area contributed by atoms with E-state index in [4.69, 9.17) is 16.2 Å². The maximum absolute atomic E-state index is 12.0. The van der Waals surface area contributed by atoms with Gasteiger partial charge in [-0.3, -0.25) is 16.3 Å². The van der Waals surface area contributed by atoms with Crippen molar-refractivity contribution < 1.29 is 22.3 Å². The van der Waals surface area contributed by atoms with Gasteiger partial charge in [0, 0.05) is 23.5 Å². The monoisotopic (exact) mass is 375 g/mol. The highest BCUT2D eigenvalue weighted by molar-refractivity contribution is 7.84. The van der Waals surface area contributed by atoms with Crippen molar-refractivity contribution in [2.75, 3.05) is 12.4 Å². The zero-order chi connectivity index (χ0) is 19.2. The van der Waals surface area contributed by atoms with Gasteiger partial charge < -0.3 is 10.1 Å². The first-order valence-electron chi connectivity index (χ1n) is 7.44. The molecule has 0 bridgehead atoms. The van der Waals surface area contributed by atoms with Crippen LogP contribution in [0.2, 0.25) is 0 Å². The Bertz CT molecular complexity index is 930. The second-order valence-corrected chi connectivity index (χ2v) is 6.84. The zero-order valence-electron chi connectivity index (χ0n) is 14.0. The van der Waals surface area contributed by atoms with Gasteiger partial charge in [0.1, 0.15) is 10.6 Å². The minimum Gasteiger partial charge on any atom is -0.497 e. The maximum Gasteiger partial charge on any atom is 0.353 e. The van der Waals surface area contributed by atoms with Crippen molar-refractivity contribution in [3.05, 3.63) is 66.4 Å². The van der Waals surface area contributed by atoms with Gasteiger partial charge in [-0.2, -0.15) is 12.8 Å². The zero-order valence-corrected chi connectivity index (χ0v) is 14.8. The van der Waals surface area contributed by atoms with Crippen molar-refractivity contribution in [1.82, 2.24) is 0 Å². The third kappa shape index (κ3) is 5.08. The summed E-state index contributed by atoms with van der Waals surface area (Å²) in [5, 5.41) is 2.89. The molecule has 0 aliphatic rings. The molecule has 2 rings (SSSR count). The van der Waals surface area contributed by atoms with E-state index in [1.54, 1.807) is 43.5 Å². The van der Waals surface area contributed by atoms with E-state index in [1.165, 1.54) is 24.4 Å². The van der Waals surface area contributed by atoms with Crippen LogP contribution in [0.3, 0.4) is 0 Å². The number of nitrogens with one attached hydrogen (secondary N) is 2. The number of guanidine groups is 1. The molecule has 0 aliphatic carbocycles. The molecule has 0 amide bonds. The SMILES string of the molecule is COc1ccc(C(=O)/C=C/Nc2ccc(S(=O)(=O)[NH+]=C(N)N)cc2)cc1. The Kier molecular flexibility index (Phi) is 5.97. The van der Waals surface area contributed by atoms with Crippen molar-refractivity contribution in [2.45, 2.75) is 4.90 Å². The number of nitrogens with two attached hydrogens (primary N) is 2. The number of hydrogen-bond donors (Lipinski definition) is 4. The lowest BCUT2D eigenvalue weighted by atomic mass is 10.1. The number of anilines is 1. The summed E-state index contributed by atoms with van der Waals surface area (Å²) < 4.78 is 30.8. The van der Waals surface area contributed by atoms with Crippen LogP contribution in [0.4, 0.5) is 5.69 Å². The van der Waals surface area contributed by atoms with E-state index in [9.17, 15) is 13.2 Å². The number of carbonyl (C=O) groups excluding carboxylic acids is 1. The summed E-state index contributed by atoms with van der Waals surface area (Å²) in [6.45, 7) is 0. The first-order valence-corrected chi connectivity index (χ1v) is 8.92. The Hall–Kier alpha value is -3.33. The van der Waals surface area contributed by atoms with Crippen LogP contribution >= 0.6 is 0 Å². The average molecular weight is 375 g/mol. The van der Waals surface area contributed by atoms with E-state index >= 15 is 0 Å². The molecule has 0 radical (unpaired) electrons. The lowest BCUT2D eigenvalue weighted by Gasteiger charge is -2.03. The normalized spacial score (nSPS) is 11.1. The van der Waals surface area contributed by atoms with Crippen molar-refractivity contribution in [3.8, 4) is 5.75 Å². The fourth-order valence-corrected chi connectivity index (χ4v) is 2.93. The Labute approximate surface area is 151 Å². The van der Waals surface area contributed by atoms with Crippen LogP contribution in [0.25, 0.3) is 0 Å². The van der Waals surface area contributed by atoms with Gasteiger partial charge in [0.05, 0.1) is 7.11 Å². The van der Waals surface area contributed by atoms with Crippen LogP contribution < -0.4 is 25.9 Å². The summed E-state index contributed by atoms with van der Waals surface area (Å²) in [4.78, 5) is 12.1. The van der Waals surface area contributed by atoms with Gasteiger partial charge in [0.15, 0.2) is 5.78 Å². The van der Waals surface area contributed by atoms with E-state index in [2.05, 4.69) is 5.32 Å². The summed E-state index contributed by atoms with van der Waals surface area (Å²) in [5.41, 5.74) is 11.4. The Morgan fingerprint density at radius 2 is 1.69 bits per heavy atom. The molecule has 0 aromatic heterocycles. The lowest BCUT2D eigenvalue weighted by molar-refractivity contribution is -0.270. The standard InChI is InChI=1S/C17H18N4O4S/c1-25-14-6-2-12(3-7-14)16(22)10-11-20-13-4-8-15(9-5-13)26(23,24)21-17(18)19/h2-11,20H,1H3,(H4,18,19,21)/p+1/b11-10+. The Balaban J connectivity index is 2.02. The molecule has 8 nitrogen and oxygen atoms in total. The van der Waals surface area contributed by atoms with Crippen molar-refractivity contribution in [3.63, 3.8) is 0 Å². The van der Waals surface area contributed by atoms with Gasteiger partial charge in [-0.05, 0) is 48.5 Å². The largest absolute Gasteiger partial charge is 0.497 e. The number of allylic oxidation sites excluding steroid dienone is 1. The number of methoxy groups -OCH3 is 1. The number of rotatable bonds is 7. The highest BCUT2D eigenvalue weighted by atomic mass is 32.2. The van der Waals surface area contributed by atoms with Crippen LogP contribution in [-0.4, -0.2) is 27.3 Å². The predicted molar refractivity (Wildman–Crippen MR) is 98.1 cm³/mol. The summed E-state index contributed by atoms with van der Waals surface area (Å²) in [6.07, 6.45) is 2.85. The molecule has 0 atom stereocenters. The summed E-state index contributed by atoms with van der Waals surface area (Å²) >= 11 is 0. The molecule has 9 heteroatoms. The van der Waals surface area contributed by atoms with E-state index in [0.717, 1.165) is 0 Å². The molecular formula is C17H19N4O4S+. The molecule has 6 N–H and O–H groups in total. The topological polar surface area (TPSA) is 138 Å². The molecule has 0 saturated carbocycles. The van der Waals surface area contributed by atoms with Gasteiger partial charge in [-0.15, -0.1) is 0 Å². The van der Waals surface area contributed by atoms with Crippen LogP contribution in [0.1, 0.15) is 10.4 Å². The van der Waals surface area contributed by atoms with Crippen LogP contribution in [0.5, 0.6) is 5.75 Å². The van der Waals surface area contributed by atoms with E-state index < -0.39 is 16.0 Å². The maximum atomic E-state index is 12.0. The average Bonchev–Trinajstić information content (AvgIpc) is 2.61. The fourth-order valence-electron chi connectivity index (χ4n) is 2.01. The molecular weight excluding hydrogens is 356 g/mol. The van der Waals surface area contributed by atoms with E-state index in [-0.39, 0.29) is 10.7 Å². The van der Waals surface area contributed by atoms with Crippen LogP contribution in [0, 0.1) is 0 Å². The molecule has 0 spiro atoms.